The molecule has 10 heteroatoms. The number of nitrogens with one attached hydrogen (secondary N) is 1. The lowest BCUT2D eigenvalue weighted by Crippen LogP contribution is -2.15. The second kappa shape index (κ2) is 11.1. The van der Waals surface area contributed by atoms with Crippen molar-refractivity contribution in [3.8, 4) is 43.5 Å². The summed E-state index contributed by atoms with van der Waals surface area (Å²) in [6, 6.07) is 18.0. The Morgan fingerprint density at radius 3 is 2.56 bits per heavy atom. The summed E-state index contributed by atoms with van der Waals surface area (Å²) < 4.78 is 12.0. The lowest BCUT2D eigenvalue weighted by molar-refractivity contribution is 0.0697. The number of hydrogen-bond acceptors (Lipinski definition) is 8. The molecule has 1 aliphatic heterocycles. The van der Waals surface area contributed by atoms with Gasteiger partial charge in [0.25, 0.3) is 5.91 Å². The van der Waals surface area contributed by atoms with E-state index in [9.17, 15) is 14.7 Å². The Labute approximate surface area is 266 Å². The van der Waals surface area contributed by atoms with Gasteiger partial charge in [-0.25, -0.2) is 9.78 Å². The number of aryl methyl sites for hydroxylation is 1. The van der Waals surface area contributed by atoms with E-state index in [2.05, 4.69) is 24.1 Å². The Bertz CT molecular complexity index is 2170. The zero-order chi connectivity index (χ0) is 31.4. The molecule has 1 amide bonds. The first-order valence-corrected chi connectivity index (χ1v) is 15.8. The molecule has 3 aromatic heterocycles. The van der Waals surface area contributed by atoms with Gasteiger partial charge >= 0.3 is 5.97 Å². The maximum Gasteiger partial charge on any atom is 0.336 e. The third-order valence-electron chi connectivity index (χ3n) is 8.19. The molecule has 0 saturated heterocycles. The van der Waals surface area contributed by atoms with Crippen molar-refractivity contribution >= 4 is 56.8 Å². The number of nitrogens with zero attached hydrogens (tertiary/aromatic N) is 1. The Kier molecular flexibility index (Phi) is 7.03. The van der Waals surface area contributed by atoms with Gasteiger partial charge in [-0.3, -0.25) is 4.79 Å². The molecule has 8 nitrogen and oxygen atoms in total. The van der Waals surface area contributed by atoms with Gasteiger partial charge in [0.1, 0.15) is 23.9 Å². The Balaban J connectivity index is 1.41. The number of carboxylic acids is 1. The number of anilines is 2. The molecular weight excluding hydrogens is 607 g/mol. The van der Waals surface area contributed by atoms with Crippen LogP contribution in [0.3, 0.4) is 0 Å². The zero-order valence-corrected chi connectivity index (χ0v) is 26.2. The van der Waals surface area contributed by atoms with Gasteiger partial charge in [-0.1, -0.05) is 6.07 Å². The highest BCUT2D eigenvalue weighted by atomic mass is 32.1. The zero-order valence-electron chi connectivity index (χ0n) is 24.6. The topological polar surface area (TPSA) is 124 Å². The van der Waals surface area contributed by atoms with Crippen molar-refractivity contribution in [3.05, 3.63) is 99.4 Å². The first-order valence-electron chi connectivity index (χ1n) is 14.1. The molecule has 3 aromatic carbocycles. The Morgan fingerprint density at radius 1 is 1.00 bits per heavy atom. The summed E-state index contributed by atoms with van der Waals surface area (Å²) >= 11 is 3.15. The van der Waals surface area contributed by atoms with E-state index in [0.717, 1.165) is 47.7 Å². The van der Waals surface area contributed by atoms with Crippen molar-refractivity contribution in [1.82, 2.24) is 4.98 Å². The van der Waals surface area contributed by atoms with Gasteiger partial charge in [-0.2, -0.15) is 0 Å². The van der Waals surface area contributed by atoms with Gasteiger partial charge in [-0.05, 0) is 90.3 Å². The molecule has 0 fully saturated rings. The van der Waals surface area contributed by atoms with Crippen molar-refractivity contribution < 1.29 is 24.2 Å². The predicted molar refractivity (Wildman–Crippen MR) is 180 cm³/mol. The van der Waals surface area contributed by atoms with E-state index < -0.39 is 11.9 Å². The van der Waals surface area contributed by atoms with Crippen LogP contribution in [0.2, 0.25) is 0 Å². The molecule has 4 N–H and O–H groups in total. The fourth-order valence-electron chi connectivity index (χ4n) is 5.75. The number of fused-ring (bicyclic) bond motifs is 4. The van der Waals surface area contributed by atoms with Crippen LogP contribution in [0, 0.1) is 13.8 Å². The minimum Gasteiger partial charge on any atom is -0.496 e. The second-order valence-electron chi connectivity index (χ2n) is 10.7. The molecule has 1 aliphatic rings. The van der Waals surface area contributed by atoms with Crippen molar-refractivity contribution in [3.63, 3.8) is 0 Å². The molecule has 0 atom stereocenters. The van der Waals surface area contributed by atoms with Crippen LogP contribution in [0.1, 0.15) is 36.7 Å². The molecule has 0 spiro atoms. The van der Waals surface area contributed by atoms with Crippen molar-refractivity contribution in [2.45, 2.75) is 20.5 Å². The molecule has 0 saturated carbocycles. The first-order chi connectivity index (χ1) is 21.7. The molecule has 0 unspecified atom stereocenters. The van der Waals surface area contributed by atoms with Gasteiger partial charge in [0.15, 0.2) is 0 Å². The van der Waals surface area contributed by atoms with Crippen LogP contribution in [-0.4, -0.2) is 29.1 Å². The van der Waals surface area contributed by atoms with E-state index in [1.54, 1.807) is 55.0 Å². The van der Waals surface area contributed by atoms with Crippen LogP contribution in [0.5, 0.6) is 11.5 Å². The number of aromatic nitrogens is 1. The Hall–Kier alpha value is -5.19. The number of rotatable bonds is 6. The molecule has 7 rings (SSSR count). The lowest BCUT2D eigenvalue weighted by Gasteiger charge is -2.22. The number of ether oxygens (including phenoxy) is 2. The van der Waals surface area contributed by atoms with E-state index in [1.165, 1.54) is 11.3 Å². The average molecular weight is 634 g/mol. The molecule has 224 valence electrons. The number of hydrogen-bond donors (Lipinski definition) is 3. The summed E-state index contributed by atoms with van der Waals surface area (Å²) in [7, 11) is 1.56. The van der Waals surface area contributed by atoms with Gasteiger partial charge in [0.05, 0.1) is 12.7 Å². The van der Waals surface area contributed by atoms with E-state index in [0.29, 0.717) is 40.7 Å². The number of amides is 1. The summed E-state index contributed by atoms with van der Waals surface area (Å²) in [5, 5.41) is 17.0. The molecular formula is C35H27N3O5S2. The van der Waals surface area contributed by atoms with Gasteiger partial charge in [-0.15, -0.1) is 22.7 Å². The normalized spacial score (nSPS) is 11.9. The lowest BCUT2D eigenvalue weighted by atomic mass is 9.89. The first kappa shape index (κ1) is 28.6. The van der Waals surface area contributed by atoms with Crippen LogP contribution >= 0.6 is 22.7 Å². The molecule has 0 radical (unpaired) electrons. The van der Waals surface area contributed by atoms with Gasteiger partial charge in [0, 0.05) is 59.7 Å². The van der Waals surface area contributed by atoms with E-state index in [-0.39, 0.29) is 11.1 Å². The third-order valence-corrected chi connectivity index (χ3v) is 10.4. The quantitative estimate of drug-likeness (QED) is 0.168. The minimum absolute atomic E-state index is 0.0579. The number of benzene rings is 3. The molecule has 0 aliphatic carbocycles. The van der Waals surface area contributed by atoms with Crippen LogP contribution in [0.25, 0.3) is 42.8 Å². The highest BCUT2D eigenvalue weighted by molar-refractivity contribution is 7.16. The van der Waals surface area contributed by atoms with Crippen molar-refractivity contribution in [2.24, 2.45) is 0 Å². The number of carboxylic acid groups (broad SMARTS) is 1. The van der Waals surface area contributed by atoms with Crippen LogP contribution in [0.4, 0.5) is 11.5 Å². The smallest absolute Gasteiger partial charge is 0.336 e. The number of thiophene rings is 2. The number of methoxy groups -OCH3 is 1. The fraction of sp³-hybridized carbons (Fsp3) is 0.114. The number of pyridine rings is 1. The SMILES string of the molecule is COc1cc(-c2cc3c(cc2C(=O)O)-c2sc(C)c(C)c2CO3)c(C(=O)Nc2ccc3c(N)nccc3c2)cc1-c1cccs1. The van der Waals surface area contributed by atoms with E-state index in [4.69, 9.17) is 15.2 Å². The van der Waals surface area contributed by atoms with E-state index >= 15 is 0 Å². The number of carbonyl (C=O) groups is 2. The van der Waals surface area contributed by atoms with Crippen LogP contribution in [0.15, 0.2) is 72.2 Å². The molecule has 4 heterocycles. The third kappa shape index (κ3) is 4.88. The van der Waals surface area contributed by atoms with Crippen LogP contribution < -0.4 is 20.5 Å². The minimum atomic E-state index is -1.11. The average Bonchev–Trinajstić information content (AvgIpc) is 3.68. The second-order valence-corrected chi connectivity index (χ2v) is 12.9. The van der Waals surface area contributed by atoms with Crippen molar-refractivity contribution in [2.75, 3.05) is 18.2 Å². The molecule has 0 bridgehead atoms. The monoisotopic (exact) mass is 633 g/mol. The summed E-state index contributed by atoms with van der Waals surface area (Å²) in [6.45, 7) is 4.50. The number of nitrogens with two attached hydrogens (primary N) is 1. The predicted octanol–water partition coefficient (Wildman–Crippen LogP) is 8.41. The molecule has 45 heavy (non-hydrogen) atoms. The standard InChI is InChI=1S/C35H27N3O5S2/c1-17-18(2)45-32-27-13-25(35(40)41)23(15-30(27)43-16-28(17)32)22-14-29(42-3)26(31-5-4-10-44-31)12-24(22)34(39)38-20-6-7-21-19(11-20)8-9-37-33(21)36/h4-15H,16H2,1-3H3,(H2,36,37)(H,38,39)(H,40,41). The molecule has 6 aromatic rings. The largest absolute Gasteiger partial charge is 0.496 e. The maximum absolute atomic E-state index is 14.1. The van der Waals surface area contributed by atoms with Gasteiger partial charge < -0.3 is 25.6 Å². The Morgan fingerprint density at radius 2 is 1.80 bits per heavy atom. The maximum atomic E-state index is 14.1. The fourth-order valence-corrected chi connectivity index (χ4v) is 7.69. The highest BCUT2D eigenvalue weighted by Gasteiger charge is 2.29. The number of aromatic carboxylic acids is 1. The summed E-state index contributed by atoms with van der Waals surface area (Å²) in [6.07, 6.45) is 1.62. The number of nitrogen functional groups attached to an aromatic ring is 1. The summed E-state index contributed by atoms with van der Waals surface area (Å²) in [5.41, 5.74) is 11.4. The van der Waals surface area contributed by atoms with Crippen LogP contribution in [-0.2, 0) is 6.61 Å². The number of carbonyl (C=O) groups excluding carboxylic acids is 1. The summed E-state index contributed by atoms with van der Waals surface area (Å²) in [5.74, 6) is -0.0391. The van der Waals surface area contributed by atoms with E-state index in [1.807, 2.05) is 35.7 Å². The van der Waals surface area contributed by atoms with Crippen molar-refractivity contribution in [1.29, 1.82) is 0 Å². The van der Waals surface area contributed by atoms with Gasteiger partial charge in [0.2, 0.25) is 0 Å². The highest BCUT2D eigenvalue weighted by Crippen LogP contribution is 2.48. The summed E-state index contributed by atoms with van der Waals surface area (Å²) in [4.78, 5) is 34.2.